The molecule has 1 atom stereocenters. The Hall–Kier alpha value is -2.13. The molecule has 2 aliphatic carbocycles. The molecule has 0 aromatic carbocycles. The molecule has 0 radical (unpaired) electrons. The fourth-order valence-corrected chi connectivity index (χ4v) is 7.84. The number of carbonyl (C=O) groups is 2. The number of nitrogens with zero attached hydrogens (tertiary/aromatic N) is 4. The number of carbonyl (C=O) groups excluding carboxylic acids is 1. The van der Waals surface area contributed by atoms with Crippen LogP contribution >= 0.6 is 11.3 Å². The lowest BCUT2D eigenvalue weighted by Crippen LogP contribution is -2.61. The summed E-state index contributed by atoms with van der Waals surface area (Å²) in [5.74, 6) is 0.0436. The summed E-state index contributed by atoms with van der Waals surface area (Å²) in [6, 6.07) is 3.16. The Labute approximate surface area is 224 Å². The van der Waals surface area contributed by atoms with Gasteiger partial charge in [0.15, 0.2) is 0 Å². The van der Waals surface area contributed by atoms with E-state index in [1.807, 2.05) is 6.07 Å². The number of nitrogens with one attached hydrogen (secondary N) is 1. The van der Waals surface area contributed by atoms with E-state index in [1.165, 1.54) is 32.1 Å². The van der Waals surface area contributed by atoms with E-state index in [0.717, 1.165) is 59.6 Å². The van der Waals surface area contributed by atoms with E-state index in [4.69, 9.17) is 5.10 Å². The number of thiophene rings is 1. The molecule has 2 saturated carbocycles. The van der Waals surface area contributed by atoms with Crippen LogP contribution in [0.3, 0.4) is 0 Å². The molecule has 37 heavy (non-hydrogen) atoms. The minimum Gasteiger partial charge on any atom is -0.465 e. The van der Waals surface area contributed by atoms with Crippen molar-refractivity contribution >= 4 is 33.6 Å². The van der Waals surface area contributed by atoms with Gasteiger partial charge < -0.3 is 15.3 Å². The van der Waals surface area contributed by atoms with Gasteiger partial charge in [0.25, 0.3) is 5.91 Å². The average Bonchev–Trinajstić information content (AvgIpc) is 3.45. The largest absolute Gasteiger partial charge is 0.465 e. The zero-order valence-corrected chi connectivity index (χ0v) is 23.6. The number of fused-ring (bicyclic) bond motifs is 1. The van der Waals surface area contributed by atoms with Crippen molar-refractivity contribution in [2.45, 2.75) is 110 Å². The molecule has 2 aromatic rings. The lowest BCUT2D eigenvalue weighted by molar-refractivity contribution is -0.00188. The van der Waals surface area contributed by atoms with Crippen LogP contribution in [-0.2, 0) is 0 Å². The van der Waals surface area contributed by atoms with Crippen LogP contribution in [0, 0.1) is 12.3 Å². The van der Waals surface area contributed by atoms with Gasteiger partial charge in [-0.1, -0.05) is 40.0 Å². The van der Waals surface area contributed by atoms with Gasteiger partial charge in [-0.2, -0.15) is 5.10 Å². The molecule has 1 aliphatic heterocycles. The summed E-state index contributed by atoms with van der Waals surface area (Å²) in [4.78, 5) is 31.1. The number of aromatic nitrogens is 2. The van der Waals surface area contributed by atoms with Crippen molar-refractivity contribution in [2.75, 3.05) is 19.6 Å². The summed E-state index contributed by atoms with van der Waals surface area (Å²) in [6.45, 7) is 10.6. The second kappa shape index (κ2) is 10.6. The molecule has 0 bridgehead atoms. The summed E-state index contributed by atoms with van der Waals surface area (Å²) < 4.78 is 2.20. The lowest BCUT2D eigenvalue weighted by atomic mass is 9.82. The van der Waals surface area contributed by atoms with E-state index in [2.05, 4.69) is 42.6 Å². The SMILES string of the molecule is Cc1nn(C2CCCCC2)c2sc(C(=O)NC3CCC(N4CCN(C(=O)O)C(C(C)(C)C)C4)CC3)cc12. The Morgan fingerprint density at radius 2 is 1.73 bits per heavy atom. The number of rotatable bonds is 4. The molecular weight excluding hydrogens is 486 g/mol. The van der Waals surface area contributed by atoms with E-state index >= 15 is 0 Å². The number of carboxylic acid groups (broad SMARTS) is 1. The molecule has 8 nitrogen and oxygen atoms in total. The van der Waals surface area contributed by atoms with Gasteiger partial charge >= 0.3 is 6.09 Å². The standard InChI is InChI=1S/C28H43N5O3S/c1-18-22-16-23(37-26(22)33(30-18)21-8-6-5-7-9-21)25(34)29-19-10-12-20(13-11-19)31-14-15-32(27(35)36)24(17-31)28(2,3)4/h16,19-21,24H,5-15,17H2,1-4H3,(H,29,34)(H,35,36). The monoisotopic (exact) mass is 529 g/mol. The summed E-state index contributed by atoms with van der Waals surface area (Å²) in [5, 5.41) is 18.9. The molecule has 1 unspecified atom stereocenters. The molecule has 1 saturated heterocycles. The molecule has 0 spiro atoms. The lowest BCUT2D eigenvalue weighted by Gasteiger charge is -2.49. The van der Waals surface area contributed by atoms with Crippen molar-refractivity contribution in [3.63, 3.8) is 0 Å². The van der Waals surface area contributed by atoms with Crippen LogP contribution < -0.4 is 5.32 Å². The molecule has 3 heterocycles. The van der Waals surface area contributed by atoms with Crippen molar-refractivity contribution in [1.29, 1.82) is 0 Å². The summed E-state index contributed by atoms with van der Waals surface area (Å²) in [6.07, 6.45) is 9.40. The van der Waals surface area contributed by atoms with Crippen molar-refractivity contribution in [3.8, 4) is 0 Å². The molecule has 3 fully saturated rings. The third-order valence-corrected chi connectivity index (χ3v) is 10.0. The minimum atomic E-state index is -0.811. The normalized spacial score (nSPS) is 26.5. The van der Waals surface area contributed by atoms with Gasteiger partial charge in [0.2, 0.25) is 0 Å². The number of piperazine rings is 1. The first kappa shape index (κ1) is 26.5. The molecule has 9 heteroatoms. The Morgan fingerprint density at radius 1 is 1.03 bits per heavy atom. The van der Waals surface area contributed by atoms with Crippen molar-refractivity contribution in [2.24, 2.45) is 5.41 Å². The van der Waals surface area contributed by atoms with Gasteiger partial charge in [-0.3, -0.25) is 14.4 Å². The molecule has 5 rings (SSSR count). The topological polar surface area (TPSA) is 90.7 Å². The highest BCUT2D eigenvalue weighted by Gasteiger charge is 2.40. The molecular formula is C28H43N5O3S. The fraction of sp³-hybridized carbons (Fsp3) is 0.750. The highest BCUT2D eigenvalue weighted by Crippen LogP contribution is 2.36. The van der Waals surface area contributed by atoms with Gasteiger partial charge in [-0.25, -0.2) is 4.79 Å². The summed E-state index contributed by atoms with van der Waals surface area (Å²) in [5.41, 5.74) is 0.923. The Kier molecular flexibility index (Phi) is 7.56. The van der Waals surface area contributed by atoms with Crippen LogP contribution in [0.15, 0.2) is 6.07 Å². The first-order valence-corrected chi connectivity index (χ1v) is 15.0. The van der Waals surface area contributed by atoms with Crippen LogP contribution in [-0.4, -0.2) is 74.4 Å². The predicted molar refractivity (Wildman–Crippen MR) is 148 cm³/mol. The summed E-state index contributed by atoms with van der Waals surface area (Å²) in [7, 11) is 0. The van der Waals surface area contributed by atoms with Gasteiger partial charge in [-0.05, 0) is 56.9 Å². The van der Waals surface area contributed by atoms with Crippen molar-refractivity contribution < 1.29 is 14.7 Å². The Morgan fingerprint density at radius 3 is 2.38 bits per heavy atom. The maximum Gasteiger partial charge on any atom is 0.407 e. The zero-order valence-electron chi connectivity index (χ0n) is 22.8. The highest BCUT2D eigenvalue weighted by molar-refractivity contribution is 7.20. The molecule has 2 N–H and O–H groups in total. The van der Waals surface area contributed by atoms with Crippen LogP contribution in [0.2, 0.25) is 0 Å². The van der Waals surface area contributed by atoms with Crippen molar-refractivity contribution in [1.82, 2.24) is 24.9 Å². The van der Waals surface area contributed by atoms with E-state index in [9.17, 15) is 14.7 Å². The minimum absolute atomic E-state index is 0.00266. The smallest absolute Gasteiger partial charge is 0.407 e. The van der Waals surface area contributed by atoms with Gasteiger partial charge in [0.05, 0.1) is 22.7 Å². The van der Waals surface area contributed by atoms with Gasteiger partial charge in [0.1, 0.15) is 4.83 Å². The van der Waals surface area contributed by atoms with E-state index in [0.29, 0.717) is 18.6 Å². The summed E-state index contributed by atoms with van der Waals surface area (Å²) >= 11 is 1.59. The number of amides is 2. The maximum atomic E-state index is 13.2. The zero-order chi connectivity index (χ0) is 26.3. The number of hydrogen-bond acceptors (Lipinski definition) is 5. The number of aryl methyl sites for hydroxylation is 1. The maximum absolute atomic E-state index is 13.2. The molecule has 2 aromatic heterocycles. The average molecular weight is 530 g/mol. The fourth-order valence-electron chi connectivity index (χ4n) is 6.70. The van der Waals surface area contributed by atoms with E-state index < -0.39 is 6.09 Å². The Balaban J connectivity index is 1.18. The first-order valence-electron chi connectivity index (χ1n) is 14.1. The second-order valence-electron chi connectivity index (χ2n) is 12.5. The predicted octanol–water partition coefficient (Wildman–Crippen LogP) is 5.66. The highest BCUT2D eigenvalue weighted by atomic mass is 32.1. The van der Waals surface area contributed by atoms with Gasteiger partial charge in [0, 0.05) is 37.1 Å². The first-order chi connectivity index (χ1) is 17.6. The van der Waals surface area contributed by atoms with Gasteiger partial charge in [-0.15, -0.1) is 11.3 Å². The molecule has 204 valence electrons. The van der Waals surface area contributed by atoms with Crippen LogP contribution in [0.1, 0.15) is 100.0 Å². The Bertz CT molecular complexity index is 1120. The third kappa shape index (κ3) is 5.53. The second-order valence-corrected chi connectivity index (χ2v) is 13.5. The number of hydrogen-bond donors (Lipinski definition) is 2. The van der Waals surface area contributed by atoms with Crippen LogP contribution in [0.25, 0.3) is 10.2 Å². The molecule has 2 amide bonds. The molecule has 3 aliphatic rings. The van der Waals surface area contributed by atoms with E-state index in [1.54, 1.807) is 16.2 Å². The third-order valence-electron chi connectivity index (χ3n) is 8.92. The van der Waals surface area contributed by atoms with Crippen LogP contribution in [0.4, 0.5) is 4.79 Å². The van der Waals surface area contributed by atoms with Crippen molar-refractivity contribution in [3.05, 3.63) is 16.6 Å². The van der Waals surface area contributed by atoms with E-state index in [-0.39, 0.29) is 23.4 Å². The quantitative estimate of drug-likeness (QED) is 0.533. The van der Waals surface area contributed by atoms with Crippen LogP contribution in [0.5, 0.6) is 0 Å².